The van der Waals surface area contributed by atoms with Gasteiger partial charge in [-0.2, -0.15) is 0 Å². The Morgan fingerprint density at radius 1 is 1.25 bits per heavy atom. The lowest BCUT2D eigenvalue weighted by Crippen LogP contribution is -2.59. The van der Waals surface area contributed by atoms with Gasteiger partial charge in [-0.3, -0.25) is 19.9 Å². The van der Waals surface area contributed by atoms with Crippen molar-refractivity contribution >= 4 is 39.2 Å². The van der Waals surface area contributed by atoms with Crippen LogP contribution in [0.4, 0.5) is 0 Å². The molecule has 1 aromatic heterocycles. The van der Waals surface area contributed by atoms with Gasteiger partial charge >= 0.3 is 0 Å². The monoisotopic (exact) mass is 448 g/mol. The maximum atomic E-state index is 13.1. The molecule has 0 spiro atoms. The van der Waals surface area contributed by atoms with E-state index in [1.807, 2.05) is 25.1 Å². The lowest BCUT2D eigenvalue weighted by molar-refractivity contribution is -0.131. The fourth-order valence-electron chi connectivity index (χ4n) is 4.02. The average Bonchev–Trinajstić information content (AvgIpc) is 3.25. The van der Waals surface area contributed by atoms with Gasteiger partial charge in [0.2, 0.25) is 5.91 Å². The predicted octanol–water partition coefficient (Wildman–Crippen LogP) is 4.60. The summed E-state index contributed by atoms with van der Waals surface area (Å²) in [4.78, 5) is 26.9. The Bertz CT molecular complexity index is 1150. The van der Waals surface area contributed by atoms with E-state index in [-0.39, 0.29) is 30.7 Å². The second-order valence-electron chi connectivity index (χ2n) is 8.45. The molecule has 1 atom stereocenters. The molecule has 7 heteroatoms. The number of nitrogens with one attached hydrogen (secondary N) is 3. The van der Waals surface area contributed by atoms with E-state index in [0.717, 1.165) is 29.4 Å². The molecule has 2 heterocycles. The highest BCUT2D eigenvalue weighted by atomic mass is 32.1. The number of guanidine groups is 1. The van der Waals surface area contributed by atoms with Gasteiger partial charge in [-0.05, 0) is 65.6 Å². The highest BCUT2D eigenvalue weighted by Gasteiger charge is 2.39. The van der Waals surface area contributed by atoms with Crippen LogP contribution in [-0.4, -0.2) is 29.2 Å². The molecular weight excluding hydrogens is 420 g/mol. The third-order valence-electron chi connectivity index (χ3n) is 5.91. The molecule has 32 heavy (non-hydrogen) atoms. The first kappa shape index (κ1) is 22.0. The molecule has 1 saturated heterocycles. The number of hydrogen-bond donors (Lipinski definition) is 3. The molecule has 6 nitrogen and oxygen atoms in total. The van der Waals surface area contributed by atoms with Crippen molar-refractivity contribution in [2.75, 3.05) is 6.54 Å². The van der Waals surface area contributed by atoms with Gasteiger partial charge < -0.3 is 10.6 Å². The summed E-state index contributed by atoms with van der Waals surface area (Å²) in [5.41, 5.74) is 1.74. The molecule has 0 saturated carbocycles. The van der Waals surface area contributed by atoms with Crippen LogP contribution >= 0.6 is 11.3 Å². The molecule has 1 aliphatic rings. The van der Waals surface area contributed by atoms with E-state index in [2.05, 4.69) is 41.1 Å². The minimum absolute atomic E-state index is 0.0759. The van der Waals surface area contributed by atoms with Crippen LogP contribution in [0.3, 0.4) is 0 Å². The van der Waals surface area contributed by atoms with E-state index in [1.165, 1.54) is 9.60 Å². The van der Waals surface area contributed by atoms with E-state index in [9.17, 15) is 9.59 Å². The van der Waals surface area contributed by atoms with Crippen molar-refractivity contribution in [3.8, 4) is 0 Å². The average molecular weight is 449 g/mol. The fourth-order valence-corrected chi connectivity index (χ4v) is 4.79. The van der Waals surface area contributed by atoms with Crippen molar-refractivity contribution in [2.24, 2.45) is 0 Å². The summed E-state index contributed by atoms with van der Waals surface area (Å²) in [6.45, 7) is 4.94. The molecule has 1 fully saturated rings. The van der Waals surface area contributed by atoms with E-state index in [0.29, 0.717) is 12.1 Å². The van der Waals surface area contributed by atoms with Gasteiger partial charge in [0, 0.05) is 16.8 Å². The van der Waals surface area contributed by atoms with E-state index in [1.54, 1.807) is 23.5 Å². The number of amides is 2. The van der Waals surface area contributed by atoms with Gasteiger partial charge in [0.1, 0.15) is 0 Å². The maximum absolute atomic E-state index is 13.1. The quantitative estimate of drug-likeness (QED) is 0.462. The lowest BCUT2D eigenvalue weighted by Gasteiger charge is -2.41. The summed E-state index contributed by atoms with van der Waals surface area (Å²) in [6, 6.07) is 15.5. The summed E-state index contributed by atoms with van der Waals surface area (Å²) >= 11 is 1.69. The van der Waals surface area contributed by atoms with Gasteiger partial charge in [-0.25, -0.2) is 0 Å². The van der Waals surface area contributed by atoms with Gasteiger partial charge in [0.25, 0.3) is 5.91 Å². The fraction of sp³-hybridized carbons (Fsp3) is 0.320. The van der Waals surface area contributed by atoms with Gasteiger partial charge in [0.15, 0.2) is 5.96 Å². The van der Waals surface area contributed by atoms with Crippen molar-refractivity contribution in [3.05, 3.63) is 70.6 Å². The zero-order chi connectivity index (χ0) is 22.7. The van der Waals surface area contributed by atoms with Crippen LogP contribution in [0.5, 0.6) is 0 Å². The molecule has 0 aliphatic carbocycles. The Balaban J connectivity index is 1.47. The number of nitrogens with zero attached hydrogens (tertiary/aromatic N) is 1. The number of carbonyl (C=O) groups excluding carboxylic acids is 2. The second-order valence-corrected chi connectivity index (χ2v) is 9.39. The number of thiophene rings is 1. The highest BCUT2D eigenvalue weighted by molar-refractivity contribution is 7.17. The summed E-state index contributed by atoms with van der Waals surface area (Å²) in [7, 11) is 0. The number of carbonyl (C=O) groups is 2. The van der Waals surface area contributed by atoms with Gasteiger partial charge in [-0.1, -0.05) is 31.5 Å². The van der Waals surface area contributed by atoms with Crippen molar-refractivity contribution < 1.29 is 9.59 Å². The van der Waals surface area contributed by atoms with Crippen LogP contribution in [0.25, 0.3) is 10.1 Å². The zero-order valence-corrected chi connectivity index (χ0v) is 19.2. The largest absolute Gasteiger partial charge is 0.352 e. The van der Waals surface area contributed by atoms with Crippen LogP contribution in [0.15, 0.2) is 53.9 Å². The topological polar surface area (TPSA) is 85.3 Å². The highest BCUT2D eigenvalue weighted by Crippen LogP contribution is 2.33. The Morgan fingerprint density at radius 3 is 2.88 bits per heavy atom. The molecule has 0 bridgehead atoms. The molecule has 3 aromatic rings. The molecule has 166 valence electrons. The molecule has 2 amide bonds. The number of unbranched alkanes of at least 4 members (excludes halogenated alkanes) is 1. The normalized spacial score (nSPS) is 18.6. The lowest BCUT2D eigenvalue weighted by atomic mass is 9.86. The summed E-state index contributed by atoms with van der Waals surface area (Å²) in [6.07, 6.45) is 2.21. The van der Waals surface area contributed by atoms with Crippen molar-refractivity contribution in [1.82, 2.24) is 15.5 Å². The first-order chi connectivity index (χ1) is 15.4. The number of hydrogen-bond acceptors (Lipinski definition) is 4. The van der Waals surface area contributed by atoms with Crippen molar-refractivity contribution in [1.29, 1.82) is 5.41 Å². The molecule has 3 N–H and O–H groups in total. The standard InChI is InChI=1S/C25H28N4O2S/c1-3-4-11-27-23(31)19-7-5-6-17(13-19)16-29-22(30)15-25(2,28-24(29)26)20-8-9-21-18(14-20)10-12-32-21/h5-10,12-14H,3-4,11,15-16H2,1-2H3,(H2,26,28)(H,27,31)/t25-/m0/s1. The first-order valence-corrected chi connectivity index (χ1v) is 11.8. The summed E-state index contributed by atoms with van der Waals surface area (Å²) in [5, 5.41) is 17.9. The Kier molecular flexibility index (Phi) is 6.28. The summed E-state index contributed by atoms with van der Waals surface area (Å²) < 4.78 is 1.20. The second kappa shape index (κ2) is 9.12. The van der Waals surface area contributed by atoms with Crippen molar-refractivity contribution in [2.45, 2.75) is 45.2 Å². The third-order valence-corrected chi connectivity index (χ3v) is 6.80. The van der Waals surface area contributed by atoms with Crippen LogP contribution in [0, 0.1) is 5.41 Å². The molecular formula is C25H28N4O2S. The SMILES string of the molecule is CCCCNC(=O)c1cccc(CN2C(=N)N[C@](C)(c3ccc4sccc4c3)CC2=O)c1. The van der Waals surface area contributed by atoms with Crippen LogP contribution in [0.1, 0.15) is 54.6 Å². The van der Waals surface area contributed by atoms with Crippen LogP contribution < -0.4 is 10.6 Å². The minimum Gasteiger partial charge on any atom is -0.352 e. The van der Waals surface area contributed by atoms with Crippen molar-refractivity contribution in [3.63, 3.8) is 0 Å². The number of rotatable bonds is 7. The summed E-state index contributed by atoms with van der Waals surface area (Å²) in [5.74, 6) is -0.152. The molecule has 4 rings (SSSR count). The Labute approximate surface area is 192 Å². The van der Waals surface area contributed by atoms with E-state index < -0.39 is 5.54 Å². The van der Waals surface area contributed by atoms with Crippen LogP contribution in [0.2, 0.25) is 0 Å². The molecule has 0 unspecified atom stereocenters. The third kappa shape index (κ3) is 4.53. The predicted molar refractivity (Wildman–Crippen MR) is 129 cm³/mol. The maximum Gasteiger partial charge on any atom is 0.251 e. The zero-order valence-electron chi connectivity index (χ0n) is 18.4. The molecule has 1 aliphatic heterocycles. The van der Waals surface area contributed by atoms with E-state index in [4.69, 9.17) is 5.41 Å². The minimum atomic E-state index is -0.637. The Hall–Kier alpha value is -3.19. The van der Waals surface area contributed by atoms with Gasteiger partial charge in [0.05, 0.1) is 18.5 Å². The Morgan fingerprint density at radius 2 is 2.09 bits per heavy atom. The van der Waals surface area contributed by atoms with E-state index >= 15 is 0 Å². The number of fused-ring (bicyclic) bond motifs is 1. The smallest absolute Gasteiger partial charge is 0.251 e. The molecule has 2 aromatic carbocycles. The van der Waals surface area contributed by atoms with Gasteiger partial charge in [-0.15, -0.1) is 11.3 Å². The van der Waals surface area contributed by atoms with Crippen LogP contribution in [-0.2, 0) is 16.9 Å². The molecule has 0 radical (unpaired) electrons. The number of benzene rings is 2. The first-order valence-electron chi connectivity index (χ1n) is 10.9.